The average molecular weight is 270 g/mol. The van der Waals surface area contributed by atoms with E-state index in [4.69, 9.17) is 5.11 Å². The maximum atomic E-state index is 11.8. The van der Waals surface area contributed by atoms with Crippen LogP contribution in [-0.4, -0.2) is 22.0 Å². The first-order valence-electron chi connectivity index (χ1n) is 5.80. The summed E-state index contributed by atoms with van der Waals surface area (Å²) >= 11 is 1.01. The van der Waals surface area contributed by atoms with Crippen molar-refractivity contribution >= 4 is 28.3 Å². The number of carbonyl (C=O) groups excluding carboxylic acids is 1. The lowest BCUT2D eigenvalue weighted by molar-refractivity contribution is -0.123. The molecule has 1 heterocycles. The molecule has 1 amide bonds. The van der Waals surface area contributed by atoms with Gasteiger partial charge in [-0.2, -0.15) is 0 Å². The largest absolute Gasteiger partial charge is 0.477 e. The van der Waals surface area contributed by atoms with Gasteiger partial charge in [0.15, 0.2) is 5.13 Å². The van der Waals surface area contributed by atoms with Crippen LogP contribution in [0.1, 0.15) is 49.5 Å². The Morgan fingerprint density at radius 1 is 1.39 bits per heavy atom. The van der Waals surface area contributed by atoms with Crippen molar-refractivity contribution < 1.29 is 14.7 Å². The van der Waals surface area contributed by atoms with Gasteiger partial charge in [0.1, 0.15) is 4.88 Å². The zero-order valence-electron chi connectivity index (χ0n) is 11.0. The highest BCUT2D eigenvalue weighted by atomic mass is 32.1. The fourth-order valence-corrected chi connectivity index (χ4v) is 2.11. The minimum absolute atomic E-state index is 0.170. The number of nitrogens with zero attached hydrogens (tertiary/aromatic N) is 1. The molecule has 0 aliphatic carbocycles. The Morgan fingerprint density at radius 3 is 2.44 bits per heavy atom. The minimum atomic E-state index is -0.993. The van der Waals surface area contributed by atoms with E-state index in [1.165, 1.54) is 0 Å². The van der Waals surface area contributed by atoms with Crippen molar-refractivity contribution in [1.29, 1.82) is 0 Å². The third-order valence-corrected chi connectivity index (χ3v) is 3.28. The number of aromatic carboxylic acids is 1. The van der Waals surface area contributed by atoms with E-state index in [1.54, 1.807) is 20.8 Å². The summed E-state index contributed by atoms with van der Waals surface area (Å²) in [6.07, 6.45) is 1.42. The van der Waals surface area contributed by atoms with E-state index in [0.717, 1.165) is 17.8 Å². The van der Waals surface area contributed by atoms with Crippen molar-refractivity contribution in [2.24, 2.45) is 5.41 Å². The number of aromatic nitrogens is 1. The molecular weight excluding hydrogens is 252 g/mol. The number of carboxylic acids is 1. The summed E-state index contributed by atoms with van der Waals surface area (Å²) < 4.78 is 0. The second-order valence-corrected chi connectivity index (χ2v) is 6.05. The number of thiazole rings is 1. The van der Waals surface area contributed by atoms with E-state index >= 15 is 0 Å². The number of hydrogen-bond donors (Lipinski definition) is 2. The Balaban J connectivity index is 2.95. The summed E-state index contributed by atoms with van der Waals surface area (Å²) in [7, 11) is 0. The Labute approximate surface area is 110 Å². The van der Waals surface area contributed by atoms with Crippen LogP contribution in [0.2, 0.25) is 0 Å². The molecule has 0 atom stereocenters. The number of carboxylic acid groups (broad SMARTS) is 1. The van der Waals surface area contributed by atoms with Crippen LogP contribution in [0.3, 0.4) is 0 Å². The van der Waals surface area contributed by atoms with Crippen LogP contribution >= 0.6 is 11.3 Å². The zero-order valence-corrected chi connectivity index (χ0v) is 11.8. The fourth-order valence-electron chi connectivity index (χ4n) is 1.26. The van der Waals surface area contributed by atoms with Gasteiger partial charge < -0.3 is 10.4 Å². The molecule has 6 heteroatoms. The lowest BCUT2D eigenvalue weighted by Crippen LogP contribution is -2.27. The van der Waals surface area contributed by atoms with Gasteiger partial charge in [-0.15, -0.1) is 0 Å². The standard InChI is InChI=1S/C12H18N2O3S/c1-5-6-7-8(9(15)16)18-11(13-7)14-10(17)12(2,3)4/h5-6H2,1-4H3,(H,15,16)(H,13,14,17). The van der Waals surface area contributed by atoms with Crippen LogP contribution < -0.4 is 5.32 Å². The maximum absolute atomic E-state index is 11.8. The molecule has 1 aromatic rings. The maximum Gasteiger partial charge on any atom is 0.347 e. The molecule has 0 spiro atoms. The van der Waals surface area contributed by atoms with E-state index in [-0.39, 0.29) is 10.8 Å². The highest BCUT2D eigenvalue weighted by molar-refractivity contribution is 7.17. The van der Waals surface area contributed by atoms with Gasteiger partial charge in [-0.25, -0.2) is 9.78 Å². The molecule has 0 aliphatic rings. The Bertz CT molecular complexity index is 460. The monoisotopic (exact) mass is 270 g/mol. The smallest absolute Gasteiger partial charge is 0.347 e. The van der Waals surface area contributed by atoms with Crippen LogP contribution in [0.5, 0.6) is 0 Å². The van der Waals surface area contributed by atoms with Gasteiger partial charge in [0.05, 0.1) is 5.69 Å². The molecule has 1 aromatic heterocycles. The third kappa shape index (κ3) is 3.53. The molecule has 5 nitrogen and oxygen atoms in total. The Kier molecular flexibility index (Phi) is 4.45. The predicted octanol–water partition coefficient (Wildman–Crippen LogP) is 2.78. The highest BCUT2D eigenvalue weighted by Crippen LogP contribution is 2.26. The fraction of sp³-hybridized carbons (Fsp3) is 0.583. The number of nitrogens with one attached hydrogen (secondary N) is 1. The molecule has 1 rings (SSSR count). The normalized spacial score (nSPS) is 11.3. The second kappa shape index (κ2) is 5.48. The van der Waals surface area contributed by atoms with Gasteiger partial charge in [-0.3, -0.25) is 4.79 Å². The molecule has 0 unspecified atom stereocenters. The molecule has 0 fully saturated rings. The summed E-state index contributed by atoms with van der Waals surface area (Å²) in [5.74, 6) is -1.16. The van der Waals surface area contributed by atoms with Crippen molar-refractivity contribution in [3.05, 3.63) is 10.6 Å². The highest BCUT2D eigenvalue weighted by Gasteiger charge is 2.24. The minimum Gasteiger partial charge on any atom is -0.477 e. The number of hydrogen-bond acceptors (Lipinski definition) is 4. The molecule has 0 saturated heterocycles. The SMILES string of the molecule is CCCc1nc(NC(=O)C(C)(C)C)sc1C(=O)O. The Morgan fingerprint density at radius 2 is 2.00 bits per heavy atom. The molecule has 0 bridgehead atoms. The summed E-state index contributed by atoms with van der Waals surface area (Å²) in [5, 5.41) is 12.1. The van der Waals surface area contributed by atoms with Crippen LogP contribution in [-0.2, 0) is 11.2 Å². The molecule has 0 aliphatic heterocycles. The average Bonchev–Trinajstić information content (AvgIpc) is 2.60. The second-order valence-electron chi connectivity index (χ2n) is 5.05. The first kappa shape index (κ1) is 14.6. The van der Waals surface area contributed by atoms with E-state index in [1.807, 2.05) is 6.92 Å². The van der Waals surface area contributed by atoms with E-state index in [2.05, 4.69) is 10.3 Å². The van der Waals surface area contributed by atoms with Crippen molar-refractivity contribution in [2.75, 3.05) is 5.32 Å². The number of amides is 1. The lowest BCUT2D eigenvalue weighted by Gasteiger charge is -2.15. The number of rotatable bonds is 4. The van der Waals surface area contributed by atoms with Crippen molar-refractivity contribution in [2.45, 2.75) is 40.5 Å². The summed E-state index contributed by atoms with van der Waals surface area (Å²) in [4.78, 5) is 27.2. The van der Waals surface area contributed by atoms with Gasteiger partial charge in [0.25, 0.3) is 0 Å². The molecule has 100 valence electrons. The van der Waals surface area contributed by atoms with Crippen molar-refractivity contribution in [3.8, 4) is 0 Å². The number of carbonyl (C=O) groups is 2. The topological polar surface area (TPSA) is 79.3 Å². The van der Waals surface area contributed by atoms with Gasteiger partial charge in [-0.1, -0.05) is 45.5 Å². The van der Waals surface area contributed by atoms with E-state index in [0.29, 0.717) is 17.2 Å². The van der Waals surface area contributed by atoms with Crippen LogP contribution in [0, 0.1) is 5.41 Å². The predicted molar refractivity (Wildman–Crippen MR) is 71.2 cm³/mol. The molecule has 0 aromatic carbocycles. The third-order valence-electron chi connectivity index (χ3n) is 2.28. The quantitative estimate of drug-likeness (QED) is 0.881. The van der Waals surface area contributed by atoms with Crippen molar-refractivity contribution in [1.82, 2.24) is 4.98 Å². The number of aryl methyl sites for hydroxylation is 1. The van der Waals surface area contributed by atoms with Crippen LogP contribution in [0.15, 0.2) is 0 Å². The Hall–Kier alpha value is -1.43. The van der Waals surface area contributed by atoms with Crippen molar-refractivity contribution in [3.63, 3.8) is 0 Å². The summed E-state index contributed by atoms with van der Waals surface area (Å²) in [6, 6.07) is 0. The molecule has 0 saturated carbocycles. The van der Waals surface area contributed by atoms with Gasteiger partial charge >= 0.3 is 5.97 Å². The molecule has 18 heavy (non-hydrogen) atoms. The summed E-state index contributed by atoms with van der Waals surface area (Å²) in [5.41, 5.74) is 0.0131. The molecule has 0 radical (unpaired) electrons. The first-order valence-corrected chi connectivity index (χ1v) is 6.61. The van der Waals surface area contributed by atoms with Crippen LogP contribution in [0.4, 0.5) is 5.13 Å². The van der Waals surface area contributed by atoms with E-state index in [9.17, 15) is 9.59 Å². The number of anilines is 1. The zero-order chi connectivity index (χ0) is 13.9. The summed E-state index contributed by atoms with van der Waals surface area (Å²) in [6.45, 7) is 7.33. The lowest BCUT2D eigenvalue weighted by atomic mass is 9.96. The van der Waals surface area contributed by atoms with Gasteiger partial charge in [0.2, 0.25) is 5.91 Å². The van der Waals surface area contributed by atoms with Crippen LogP contribution in [0.25, 0.3) is 0 Å². The van der Waals surface area contributed by atoms with E-state index < -0.39 is 11.4 Å². The molecule has 2 N–H and O–H groups in total. The first-order chi connectivity index (χ1) is 8.25. The molecular formula is C12H18N2O3S. The van der Waals surface area contributed by atoms with Gasteiger partial charge in [0, 0.05) is 5.41 Å². The van der Waals surface area contributed by atoms with Gasteiger partial charge in [-0.05, 0) is 6.42 Å².